The Kier molecular flexibility index (Phi) is 7.03. The molecule has 0 aromatic carbocycles. The van der Waals surface area contributed by atoms with Gasteiger partial charge in [-0.3, -0.25) is 0 Å². The quantitative estimate of drug-likeness (QED) is 0.396. The third-order valence-corrected chi connectivity index (χ3v) is 1.05. The Labute approximate surface area is 80.4 Å². The van der Waals surface area contributed by atoms with E-state index in [1.54, 1.807) is 0 Å². The molecule has 0 aliphatic heterocycles. The van der Waals surface area contributed by atoms with Crippen LogP contribution in [0.4, 0.5) is 0 Å². The number of aliphatic hydroxyl groups excluding tert-OH is 2. The molecule has 66 valence electrons. The summed E-state index contributed by atoms with van der Waals surface area (Å²) in [5, 5.41) is 16.4. The SMILES string of the molecule is O=C(OP(=O)([O-])[O-])C(O)CO.[Zn+2]. The van der Waals surface area contributed by atoms with Gasteiger partial charge < -0.3 is 29.1 Å². The largest absolute Gasteiger partial charge is 2.00 e. The summed E-state index contributed by atoms with van der Waals surface area (Å²) in [7, 11) is -5.41. The standard InChI is InChI=1S/C3H7O7P.Zn/c4-1-2(5)3(6)10-11(7,8)9;/h2,4-5H,1H2,(H2,7,8,9);/q;+2/p-2. The smallest absolute Gasteiger partial charge is 0.780 e. The molecule has 0 radical (unpaired) electrons. The molecule has 0 aromatic heterocycles. The number of aliphatic hydroxyl groups is 2. The van der Waals surface area contributed by atoms with Gasteiger partial charge in [0, 0.05) is 0 Å². The van der Waals surface area contributed by atoms with Crippen molar-refractivity contribution < 1.29 is 53.4 Å². The molecule has 1 unspecified atom stereocenters. The van der Waals surface area contributed by atoms with Crippen LogP contribution in [0.25, 0.3) is 0 Å². The maximum atomic E-state index is 10.2. The molecule has 0 rings (SSSR count). The normalized spacial score (nSPS) is 13.0. The zero-order valence-corrected chi connectivity index (χ0v) is 9.74. The van der Waals surface area contributed by atoms with Crippen LogP contribution in [0.2, 0.25) is 0 Å². The molecular formula is C3H5O7PZn. The van der Waals surface area contributed by atoms with Crippen molar-refractivity contribution in [2.45, 2.75) is 6.10 Å². The van der Waals surface area contributed by atoms with E-state index in [9.17, 15) is 19.1 Å². The molecule has 0 aromatic rings. The van der Waals surface area contributed by atoms with E-state index in [-0.39, 0.29) is 19.5 Å². The van der Waals surface area contributed by atoms with E-state index in [0.29, 0.717) is 0 Å². The van der Waals surface area contributed by atoms with Gasteiger partial charge in [0.15, 0.2) is 6.10 Å². The second kappa shape index (κ2) is 5.75. The minimum atomic E-state index is -5.41. The number of phosphoric ester groups is 1. The minimum absolute atomic E-state index is 0. The molecule has 0 fully saturated rings. The summed E-state index contributed by atoms with van der Waals surface area (Å²) >= 11 is 0. The first-order valence-corrected chi connectivity index (χ1v) is 3.87. The molecule has 0 aliphatic rings. The predicted octanol–water partition coefficient (Wildman–Crippen LogP) is -3.29. The Morgan fingerprint density at radius 3 is 2.25 bits per heavy atom. The van der Waals surface area contributed by atoms with Gasteiger partial charge in [0.05, 0.1) is 6.61 Å². The molecule has 12 heavy (non-hydrogen) atoms. The minimum Gasteiger partial charge on any atom is -0.780 e. The Morgan fingerprint density at radius 1 is 1.58 bits per heavy atom. The number of carbonyl (C=O) groups is 1. The first-order chi connectivity index (χ1) is 4.87. The fourth-order valence-electron chi connectivity index (χ4n) is 0.246. The van der Waals surface area contributed by atoms with Gasteiger partial charge in [0.25, 0.3) is 0 Å². The Balaban J connectivity index is 0. The van der Waals surface area contributed by atoms with Crippen molar-refractivity contribution in [1.29, 1.82) is 0 Å². The van der Waals surface area contributed by atoms with Crippen molar-refractivity contribution in [1.82, 2.24) is 0 Å². The average Bonchev–Trinajstić information content (AvgIpc) is 1.82. The van der Waals surface area contributed by atoms with Crippen molar-refractivity contribution in [2.75, 3.05) is 6.61 Å². The fraction of sp³-hybridized carbons (Fsp3) is 0.667. The van der Waals surface area contributed by atoms with Crippen molar-refractivity contribution in [3.8, 4) is 0 Å². The zero-order chi connectivity index (χ0) is 9.07. The number of hydrogen-bond acceptors (Lipinski definition) is 7. The Morgan fingerprint density at radius 2 is 2.00 bits per heavy atom. The van der Waals surface area contributed by atoms with Crippen LogP contribution in [0.3, 0.4) is 0 Å². The van der Waals surface area contributed by atoms with Gasteiger partial charge in [-0.2, -0.15) is 0 Å². The van der Waals surface area contributed by atoms with Crippen LogP contribution >= 0.6 is 7.82 Å². The molecule has 0 aliphatic carbocycles. The molecular weight excluding hydrogens is 244 g/mol. The van der Waals surface area contributed by atoms with E-state index >= 15 is 0 Å². The predicted molar refractivity (Wildman–Crippen MR) is 26.8 cm³/mol. The van der Waals surface area contributed by atoms with Gasteiger partial charge in [-0.15, -0.1) is 0 Å². The molecule has 9 heteroatoms. The van der Waals surface area contributed by atoms with Crippen LogP contribution in [0.1, 0.15) is 0 Å². The molecule has 0 heterocycles. The summed E-state index contributed by atoms with van der Waals surface area (Å²) in [6, 6.07) is 0. The van der Waals surface area contributed by atoms with Crippen molar-refractivity contribution in [3.05, 3.63) is 0 Å². The summed E-state index contributed by atoms with van der Waals surface area (Å²) in [6.45, 7) is -1.00. The van der Waals surface area contributed by atoms with Crippen molar-refractivity contribution in [2.24, 2.45) is 0 Å². The number of rotatable bonds is 3. The second-order valence-corrected chi connectivity index (χ2v) is 2.63. The molecule has 7 nitrogen and oxygen atoms in total. The molecule has 0 saturated heterocycles. The first-order valence-electron chi connectivity index (χ1n) is 2.41. The van der Waals surface area contributed by atoms with Gasteiger partial charge in [-0.05, 0) is 0 Å². The van der Waals surface area contributed by atoms with Crippen LogP contribution in [0.15, 0.2) is 0 Å². The van der Waals surface area contributed by atoms with E-state index < -0.39 is 26.5 Å². The van der Waals surface area contributed by atoms with Gasteiger partial charge in [0.2, 0.25) is 0 Å². The van der Waals surface area contributed by atoms with Crippen LogP contribution in [0, 0.1) is 0 Å². The van der Waals surface area contributed by atoms with Gasteiger partial charge in [-0.25, -0.2) is 4.79 Å². The molecule has 0 spiro atoms. The zero-order valence-electron chi connectivity index (χ0n) is 5.87. The topological polar surface area (TPSA) is 130 Å². The molecule has 0 bridgehead atoms. The van der Waals surface area contributed by atoms with Gasteiger partial charge in [-0.1, -0.05) is 0 Å². The Hall–Kier alpha value is 0.163. The van der Waals surface area contributed by atoms with Crippen molar-refractivity contribution >= 4 is 13.8 Å². The van der Waals surface area contributed by atoms with E-state index in [1.165, 1.54) is 0 Å². The summed E-state index contributed by atoms with van der Waals surface area (Å²) in [6.07, 6.45) is -1.99. The van der Waals surface area contributed by atoms with Crippen LogP contribution < -0.4 is 9.79 Å². The maximum Gasteiger partial charge on any atom is 2.00 e. The maximum absolute atomic E-state index is 10.2. The van der Waals surface area contributed by atoms with E-state index in [0.717, 1.165) is 0 Å². The molecule has 0 amide bonds. The Bertz CT molecular complexity index is 187. The van der Waals surface area contributed by atoms with Crippen LogP contribution in [0.5, 0.6) is 0 Å². The molecule has 1 atom stereocenters. The van der Waals surface area contributed by atoms with E-state index in [1.807, 2.05) is 0 Å². The number of carbonyl (C=O) groups excluding carboxylic acids is 1. The fourth-order valence-corrected chi connectivity index (χ4v) is 0.588. The molecule has 2 N–H and O–H groups in total. The van der Waals surface area contributed by atoms with Gasteiger partial charge >= 0.3 is 25.4 Å². The van der Waals surface area contributed by atoms with Crippen molar-refractivity contribution in [3.63, 3.8) is 0 Å². The van der Waals surface area contributed by atoms with Gasteiger partial charge in [0.1, 0.15) is 7.82 Å². The third kappa shape index (κ3) is 6.85. The monoisotopic (exact) mass is 248 g/mol. The first kappa shape index (κ1) is 14.7. The average molecular weight is 249 g/mol. The number of hydrogen-bond donors (Lipinski definition) is 2. The summed E-state index contributed by atoms with van der Waals surface area (Å²) < 4.78 is 12.9. The summed E-state index contributed by atoms with van der Waals surface area (Å²) in [4.78, 5) is 29.6. The second-order valence-electron chi connectivity index (χ2n) is 1.56. The van der Waals surface area contributed by atoms with Crippen LogP contribution in [-0.4, -0.2) is 28.9 Å². The number of phosphoric acid groups is 1. The molecule has 0 saturated carbocycles. The van der Waals surface area contributed by atoms with E-state index in [4.69, 9.17) is 10.2 Å². The van der Waals surface area contributed by atoms with E-state index in [2.05, 4.69) is 4.52 Å². The summed E-state index contributed by atoms with van der Waals surface area (Å²) in [5.41, 5.74) is 0. The third-order valence-electron chi connectivity index (χ3n) is 0.647. The van der Waals surface area contributed by atoms with Crippen LogP contribution in [-0.2, 0) is 33.4 Å². The summed E-state index contributed by atoms with van der Waals surface area (Å²) in [5.74, 6) is -1.68.